The van der Waals surface area contributed by atoms with Gasteiger partial charge in [-0.1, -0.05) is 35.5 Å². The zero-order valence-electron chi connectivity index (χ0n) is 17.3. The number of carbonyl (C=O) groups excluding carboxylic acids is 1. The molecule has 1 saturated heterocycles. The largest absolute Gasteiger partial charge is 0.493 e. The molecule has 8 heteroatoms. The molecule has 2 aliphatic heterocycles. The number of hydrogen-bond acceptors (Lipinski definition) is 6. The molecule has 0 aromatic heterocycles. The van der Waals surface area contributed by atoms with E-state index in [2.05, 4.69) is 11.0 Å². The number of fused-ring (bicyclic) bond motifs is 1. The van der Waals surface area contributed by atoms with E-state index < -0.39 is 0 Å². The molecule has 0 unspecified atom stereocenters. The Morgan fingerprint density at radius 1 is 1.26 bits per heavy atom. The Hall–Kier alpha value is -2.82. The van der Waals surface area contributed by atoms with Crippen molar-refractivity contribution >= 4 is 35.0 Å². The summed E-state index contributed by atoms with van der Waals surface area (Å²) in [4.78, 5) is 16.9. The lowest BCUT2D eigenvalue weighted by Crippen LogP contribution is -2.47. The number of hydrogen-bond donors (Lipinski definition) is 0. The van der Waals surface area contributed by atoms with Crippen molar-refractivity contribution in [3.05, 3.63) is 63.7 Å². The average molecular weight is 456 g/mol. The van der Waals surface area contributed by atoms with E-state index in [0.717, 1.165) is 16.3 Å². The molecular formula is C23H22ClN3O3S. The average Bonchev–Trinajstić information content (AvgIpc) is 2.79. The normalized spacial score (nSPS) is 18.5. The molecule has 2 aliphatic rings. The molecule has 2 heterocycles. The summed E-state index contributed by atoms with van der Waals surface area (Å²) in [5.41, 5.74) is 2.43. The van der Waals surface area contributed by atoms with Crippen LogP contribution in [0, 0.1) is 11.3 Å². The van der Waals surface area contributed by atoms with Gasteiger partial charge in [0, 0.05) is 23.0 Å². The maximum atomic E-state index is 13.1. The molecule has 0 saturated carbocycles. The Morgan fingerprint density at radius 2 is 2.10 bits per heavy atom. The lowest BCUT2D eigenvalue weighted by molar-refractivity contribution is -0.129. The van der Waals surface area contributed by atoms with Crippen molar-refractivity contribution < 1.29 is 14.3 Å². The minimum absolute atomic E-state index is 0.00826. The predicted octanol–water partition coefficient (Wildman–Crippen LogP) is 4.97. The molecule has 0 radical (unpaired) electrons. The highest BCUT2D eigenvalue weighted by molar-refractivity contribution is 8.03. The van der Waals surface area contributed by atoms with Crippen molar-refractivity contribution in [2.75, 3.05) is 31.2 Å². The number of allylic oxidation sites excluding steroid dienone is 1. The van der Waals surface area contributed by atoms with Crippen LogP contribution in [0.15, 0.2) is 53.1 Å². The van der Waals surface area contributed by atoms with E-state index in [1.807, 2.05) is 49.4 Å². The number of anilines is 1. The minimum Gasteiger partial charge on any atom is -0.493 e. The fraction of sp³-hybridized carbons (Fsp3) is 0.304. The van der Waals surface area contributed by atoms with E-state index in [1.54, 1.807) is 12.0 Å². The Balaban J connectivity index is 1.66. The molecule has 1 amide bonds. The first-order valence-electron chi connectivity index (χ1n) is 9.94. The number of amides is 1. The second kappa shape index (κ2) is 9.13. The van der Waals surface area contributed by atoms with Crippen LogP contribution in [-0.4, -0.2) is 37.1 Å². The van der Waals surface area contributed by atoms with Gasteiger partial charge in [0.05, 0.1) is 42.9 Å². The molecule has 160 valence electrons. The van der Waals surface area contributed by atoms with Crippen molar-refractivity contribution in [3.63, 3.8) is 0 Å². The van der Waals surface area contributed by atoms with Crippen LogP contribution in [0.3, 0.4) is 0 Å². The number of nitrogens with zero attached hydrogens (tertiary/aromatic N) is 3. The van der Waals surface area contributed by atoms with Gasteiger partial charge >= 0.3 is 0 Å². The van der Waals surface area contributed by atoms with Gasteiger partial charge in [0.25, 0.3) is 0 Å². The zero-order valence-corrected chi connectivity index (χ0v) is 18.9. The molecule has 31 heavy (non-hydrogen) atoms. The topological polar surface area (TPSA) is 65.8 Å². The van der Waals surface area contributed by atoms with Gasteiger partial charge in [-0.2, -0.15) is 5.26 Å². The fourth-order valence-electron chi connectivity index (χ4n) is 3.86. The summed E-state index contributed by atoms with van der Waals surface area (Å²) in [6, 6.07) is 15.5. The van der Waals surface area contributed by atoms with Crippen molar-refractivity contribution in [2.24, 2.45) is 0 Å². The van der Waals surface area contributed by atoms with Crippen molar-refractivity contribution in [2.45, 2.75) is 19.3 Å². The third-order valence-corrected chi connectivity index (χ3v) is 6.75. The smallest absolute Gasteiger partial charge is 0.229 e. The van der Waals surface area contributed by atoms with Crippen LogP contribution < -0.4 is 14.4 Å². The predicted molar refractivity (Wildman–Crippen MR) is 122 cm³/mol. The number of methoxy groups -OCH3 is 1. The molecule has 0 spiro atoms. The summed E-state index contributed by atoms with van der Waals surface area (Å²) in [6.45, 7) is 2.83. The maximum Gasteiger partial charge on any atom is 0.229 e. The van der Waals surface area contributed by atoms with Crippen LogP contribution in [0.2, 0.25) is 5.02 Å². The molecule has 4 rings (SSSR count). The van der Waals surface area contributed by atoms with Gasteiger partial charge in [-0.3, -0.25) is 9.69 Å². The van der Waals surface area contributed by atoms with Crippen LogP contribution in [0.25, 0.3) is 0 Å². The quantitative estimate of drug-likeness (QED) is 0.634. The van der Waals surface area contributed by atoms with Gasteiger partial charge < -0.3 is 14.4 Å². The number of nitriles is 1. The highest BCUT2D eigenvalue weighted by Gasteiger charge is 2.38. The van der Waals surface area contributed by atoms with E-state index >= 15 is 0 Å². The zero-order chi connectivity index (χ0) is 22.0. The summed E-state index contributed by atoms with van der Waals surface area (Å²) >= 11 is 7.63. The van der Waals surface area contributed by atoms with Gasteiger partial charge in [-0.05, 0) is 42.8 Å². The summed E-state index contributed by atoms with van der Waals surface area (Å²) < 4.78 is 11.1. The Bertz CT molecular complexity index is 1080. The van der Waals surface area contributed by atoms with Crippen molar-refractivity contribution in [1.29, 1.82) is 5.26 Å². The van der Waals surface area contributed by atoms with E-state index in [0.29, 0.717) is 41.2 Å². The van der Waals surface area contributed by atoms with E-state index in [9.17, 15) is 10.1 Å². The lowest BCUT2D eigenvalue weighted by atomic mass is 9.86. The molecule has 2 aromatic rings. The SMILES string of the molecule is CCOc1ccc([C@@H]2CC(=O)N3CN(c4cccc(Cl)c4)CSC3=C2C#N)cc1OC. The number of thioether (sulfide) groups is 1. The third kappa shape index (κ3) is 4.18. The fourth-order valence-corrected chi connectivity index (χ4v) is 5.21. The van der Waals surface area contributed by atoms with Gasteiger partial charge in [-0.25, -0.2) is 0 Å². The highest BCUT2D eigenvalue weighted by Crippen LogP contribution is 2.44. The van der Waals surface area contributed by atoms with Crippen molar-refractivity contribution in [1.82, 2.24) is 4.90 Å². The van der Waals surface area contributed by atoms with Crippen LogP contribution in [-0.2, 0) is 4.79 Å². The molecule has 0 bridgehead atoms. The molecule has 1 fully saturated rings. The highest BCUT2D eigenvalue weighted by atomic mass is 35.5. The molecule has 1 atom stereocenters. The standard InChI is InChI=1S/C23H22ClN3O3S/c1-3-30-20-8-7-15(9-21(20)29-2)18-11-22(28)27-13-26(14-31-23(27)19(18)12-25)17-6-4-5-16(24)10-17/h4-10,18H,3,11,13-14H2,1-2H3/t18-/m0/s1. The Labute approximate surface area is 191 Å². The van der Waals surface area contributed by atoms with E-state index in [-0.39, 0.29) is 18.2 Å². The summed E-state index contributed by atoms with van der Waals surface area (Å²) in [6.07, 6.45) is 0.230. The molecule has 0 N–H and O–H groups in total. The molecule has 6 nitrogen and oxygen atoms in total. The van der Waals surface area contributed by atoms with Crippen molar-refractivity contribution in [3.8, 4) is 17.6 Å². The van der Waals surface area contributed by atoms with Crippen LogP contribution >= 0.6 is 23.4 Å². The first kappa shape index (κ1) is 21.4. The summed E-state index contributed by atoms with van der Waals surface area (Å²) in [5, 5.41) is 11.4. The monoisotopic (exact) mass is 455 g/mol. The number of carbonyl (C=O) groups is 1. The maximum absolute atomic E-state index is 13.1. The number of benzene rings is 2. The van der Waals surface area contributed by atoms with E-state index in [4.69, 9.17) is 21.1 Å². The summed E-state index contributed by atoms with van der Waals surface area (Å²) in [5.74, 6) is 1.56. The second-order valence-corrected chi connectivity index (χ2v) is 8.56. The Morgan fingerprint density at radius 3 is 2.81 bits per heavy atom. The lowest BCUT2D eigenvalue weighted by Gasteiger charge is -2.42. The first-order chi connectivity index (χ1) is 15.0. The molecule has 2 aromatic carbocycles. The van der Waals surface area contributed by atoms with Gasteiger partial charge in [-0.15, -0.1) is 0 Å². The number of ether oxygens (including phenoxy) is 2. The molecule has 0 aliphatic carbocycles. The summed E-state index contributed by atoms with van der Waals surface area (Å²) in [7, 11) is 1.58. The van der Waals surface area contributed by atoms with Crippen LogP contribution in [0.4, 0.5) is 5.69 Å². The number of rotatable bonds is 5. The molecular weight excluding hydrogens is 434 g/mol. The number of halogens is 1. The first-order valence-corrected chi connectivity index (χ1v) is 11.3. The van der Waals surface area contributed by atoms with Gasteiger partial charge in [0.2, 0.25) is 5.91 Å². The van der Waals surface area contributed by atoms with Crippen LogP contribution in [0.1, 0.15) is 24.8 Å². The minimum atomic E-state index is -0.307. The van der Waals surface area contributed by atoms with Crippen LogP contribution in [0.5, 0.6) is 11.5 Å². The second-order valence-electron chi connectivity index (χ2n) is 7.19. The third-order valence-electron chi connectivity index (χ3n) is 5.36. The van der Waals surface area contributed by atoms with E-state index in [1.165, 1.54) is 11.8 Å². The van der Waals surface area contributed by atoms with Gasteiger partial charge in [0.1, 0.15) is 0 Å². The van der Waals surface area contributed by atoms with Gasteiger partial charge in [0.15, 0.2) is 11.5 Å². The Kier molecular flexibility index (Phi) is 6.30.